The van der Waals surface area contributed by atoms with E-state index in [2.05, 4.69) is 4.98 Å². The summed E-state index contributed by atoms with van der Waals surface area (Å²) in [7, 11) is 1.58. The number of carboxylic acid groups (broad SMARTS) is 1. The third kappa shape index (κ3) is 3.44. The van der Waals surface area contributed by atoms with E-state index in [1.165, 1.54) is 0 Å². The van der Waals surface area contributed by atoms with Gasteiger partial charge in [-0.05, 0) is 54.1 Å². The zero-order chi connectivity index (χ0) is 17.1. The lowest BCUT2D eigenvalue weighted by Crippen LogP contribution is -1.97. The Morgan fingerprint density at radius 3 is 2.79 bits per heavy atom. The molecule has 0 atom stereocenters. The number of rotatable bonds is 5. The largest absolute Gasteiger partial charge is 0.496 e. The van der Waals surface area contributed by atoms with Gasteiger partial charge in [0.25, 0.3) is 5.22 Å². The van der Waals surface area contributed by atoms with E-state index in [0.717, 1.165) is 22.9 Å². The predicted molar refractivity (Wildman–Crippen MR) is 93.2 cm³/mol. The number of methoxy groups -OCH3 is 1. The molecule has 0 bridgehead atoms. The molecule has 0 unspecified atom stereocenters. The maximum absolute atomic E-state index is 11.6. The van der Waals surface area contributed by atoms with Gasteiger partial charge in [-0.2, -0.15) is 0 Å². The number of fused-ring (bicyclic) bond motifs is 1. The normalized spacial score (nSPS) is 11.7. The number of hydrogen-bond acceptors (Lipinski definition) is 5. The van der Waals surface area contributed by atoms with Crippen LogP contribution in [0.15, 0.2) is 57.0 Å². The van der Waals surface area contributed by atoms with Crippen LogP contribution in [0.5, 0.6) is 5.75 Å². The zero-order valence-electron chi connectivity index (χ0n) is 13.1. The van der Waals surface area contributed by atoms with E-state index in [1.54, 1.807) is 25.3 Å². The second-order valence-corrected chi connectivity index (χ2v) is 6.09. The van der Waals surface area contributed by atoms with Gasteiger partial charge < -0.3 is 14.3 Å². The minimum Gasteiger partial charge on any atom is -0.496 e. The van der Waals surface area contributed by atoms with E-state index in [0.29, 0.717) is 22.1 Å². The molecule has 0 saturated heterocycles. The van der Waals surface area contributed by atoms with Gasteiger partial charge in [-0.25, -0.2) is 9.78 Å². The molecule has 0 aliphatic rings. The second kappa shape index (κ2) is 6.80. The molecule has 3 rings (SSSR count). The molecule has 2 aromatic carbocycles. The van der Waals surface area contributed by atoms with Crippen LogP contribution < -0.4 is 4.74 Å². The molecule has 0 spiro atoms. The number of para-hydroxylation sites is 2. The van der Waals surface area contributed by atoms with Crippen molar-refractivity contribution in [1.29, 1.82) is 0 Å². The maximum atomic E-state index is 11.6. The fraction of sp³-hybridized carbons (Fsp3) is 0.111. The number of aryl methyl sites for hydroxylation is 1. The van der Waals surface area contributed by atoms with Gasteiger partial charge in [0.2, 0.25) is 0 Å². The first-order chi connectivity index (χ1) is 11.6. The molecule has 6 heteroatoms. The van der Waals surface area contributed by atoms with Gasteiger partial charge >= 0.3 is 5.97 Å². The van der Waals surface area contributed by atoms with Crippen LogP contribution in [0.25, 0.3) is 17.2 Å². The van der Waals surface area contributed by atoms with Crippen LogP contribution in [0.4, 0.5) is 0 Å². The highest BCUT2D eigenvalue weighted by Crippen LogP contribution is 2.31. The lowest BCUT2D eigenvalue weighted by atomic mass is 10.1. The van der Waals surface area contributed by atoms with Crippen molar-refractivity contribution in [1.82, 2.24) is 4.98 Å². The number of hydrogen-bond donors (Lipinski definition) is 1. The number of aliphatic carboxylic acids is 1. The minimum absolute atomic E-state index is 0.118. The lowest BCUT2D eigenvalue weighted by Gasteiger charge is -2.06. The molecule has 5 nitrogen and oxygen atoms in total. The monoisotopic (exact) mass is 341 g/mol. The molecule has 122 valence electrons. The summed E-state index contributed by atoms with van der Waals surface area (Å²) in [6.07, 6.45) is 1.57. The van der Waals surface area contributed by atoms with E-state index in [4.69, 9.17) is 9.15 Å². The van der Waals surface area contributed by atoms with E-state index in [-0.39, 0.29) is 4.91 Å². The number of thioether (sulfide) groups is 1. The van der Waals surface area contributed by atoms with E-state index in [9.17, 15) is 9.90 Å². The van der Waals surface area contributed by atoms with E-state index >= 15 is 0 Å². The topological polar surface area (TPSA) is 72.6 Å². The molecule has 0 fully saturated rings. The van der Waals surface area contributed by atoms with Gasteiger partial charge in [-0.15, -0.1) is 0 Å². The summed E-state index contributed by atoms with van der Waals surface area (Å²) < 4.78 is 10.8. The number of ether oxygens (including phenoxy) is 1. The molecule has 0 aliphatic heterocycles. The summed E-state index contributed by atoms with van der Waals surface area (Å²) in [5.41, 5.74) is 3.04. The first-order valence-electron chi connectivity index (χ1n) is 7.20. The number of carboxylic acids is 1. The van der Waals surface area contributed by atoms with Gasteiger partial charge in [0.05, 0.1) is 7.11 Å². The van der Waals surface area contributed by atoms with Crippen molar-refractivity contribution in [2.24, 2.45) is 0 Å². The third-order valence-corrected chi connectivity index (χ3v) is 4.27. The first kappa shape index (κ1) is 16.1. The summed E-state index contributed by atoms with van der Waals surface area (Å²) >= 11 is 0.978. The first-order valence-corrected chi connectivity index (χ1v) is 8.01. The number of oxazole rings is 1. The van der Waals surface area contributed by atoms with Crippen LogP contribution >= 0.6 is 11.8 Å². The molecule has 24 heavy (non-hydrogen) atoms. The maximum Gasteiger partial charge on any atom is 0.342 e. The smallest absolute Gasteiger partial charge is 0.342 e. The van der Waals surface area contributed by atoms with Crippen molar-refractivity contribution in [3.8, 4) is 5.75 Å². The number of nitrogens with zero attached hydrogens (tertiary/aromatic N) is 1. The Bertz CT molecular complexity index is 897. The summed E-state index contributed by atoms with van der Waals surface area (Å²) in [4.78, 5) is 16.0. The Morgan fingerprint density at radius 2 is 2.08 bits per heavy atom. The Kier molecular flexibility index (Phi) is 4.57. The van der Waals surface area contributed by atoms with Crippen molar-refractivity contribution >= 4 is 34.9 Å². The van der Waals surface area contributed by atoms with Crippen LogP contribution in [0.3, 0.4) is 0 Å². The van der Waals surface area contributed by atoms with Crippen LogP contribution in [0.1, 0.15) is 11.1 Å². The van der Waals surface area contributed by atoms with Gasteiger partial charge in [0.1, 0.15) is 16.2 Å². The highest BCUT2D eigenvalue weighted by molar-refractivity contribution is 8.03. The molecule has 0 saturated carbocycles. The van der Waals surface area contributed by atoms with Crippen molar-refractivity contribution < 1.29 is 19.1 Å². The van der Waals surface area contributed by atoms with Crippen molar-refractivity contribution in [2.75, 3.05) is 7.11 Å². The van der Waals surface area contributed by atoms with Crippen LogP contribution in [-0.4, -0.2) is 23.2 Å². The molecule has 1 N–H and O–H groups in total. The molecule has 3 aromatic rings. The Balaban J connectivity index is 1.93. The zero-order valence-corrected chi connectivity index (χ0v) is 14.0. The summed E-state index contributed by atoms with van der Waals surface area (Å²) in [6, 6.07) is 12.8. The SMILES string of the molecule is COc1cc(/C=C(/Sc2nc3ccccc3o2)C(=O)O)ccc1C. The molecule has 1 heterocycles. The van der Waals surface area contributed by atoms with Crippen LogP contribution in [0.2, 0.25) is 0 Å². The van der Waals surface area contributed by atoms with Crippen molar-refractivity contribution in [3.63, 3.8) is 0 Å². The average Bonchev–Trinajstić information content (AvgIpc) is 2.98. The van der Waals surface area contributed by atoms with Gasteiger partial charge in [0, 0.05) is 0 Å². The fourth-order valence-electron chi connectivity index (χ4n) is 2.20. The lowest BCUT2D eigenvalue weighted by molar-refractivity contribution is -0.131. The highest BCUT2D eigenvalue weighted by Gasteiger charge is 2.15. The molecule has 0 radical (unpaired) electrons. The van der Waals surface area contributed by atoms with Gasteiger partial charge in [-0.1, -0.05) is 24.3 Å². The van der Waals surface area contributed by atoms with Crippen LogP contribution in [0, 0.1) is 6.92 Å². The molecular formula is C18H15NO4S. The molecular weight excluding hydrogens is 326 g/mol. The van der Waals surface area contributed by atoms with Gasteiger partial charge in [-0.3, -0.25) is 0 Å². The molecule has 0 aliphatic carbocycles. The average molecular weight is 341 g/mol. The predicted octanol–water partition coefficient (Wildman–Crippen LogP) is 4.36. The summed E-state index contributed by atoms with van der Waals surface area (Å²) in [6.45, 7) is 1.93. The highest BCUT2D eigenvalue weighted by atomic mass is 32.2. The number of benzene rings is 2. The number of aromatic nitrogens is 1. The Morgan fingerprint density at radius 1 is 1.29 bits per heavy atom. The van der Waals surface area contributed by atoms with E-state index < -0.39 is 5.97 Å². The quantitative estimate of drug-likeness (QED) is 0.549. The van der Waals surface area contributed by atoms with Gasteiger partial charge in [0.15, 0.2) is 5.58 Å². The Labute approximate surface area is 143 Å². The summed E-state index contributed by atoms with van der Waals surface area (Å²) in [5, 5.41) is 9.76. The fourth-order valence-corrected chi connectivity index (χ4v) is 2.95. The molecule has 1 aromatic heterocycles. The molecule has 0 amide bonds. The van der Waals surface area contributed by atoms with Crippen LogP contribution in [-0.2, 0) is 4.79 Å². The van der Waals surface area contributed by atoms with E-state index in [1.807, 2.05) is 37.3 Å². The standard InChI is InChI=1S/C18H15NO4S/c1-11-7-8-12(9-15(11)22-2)10-16(17(20)21)24-18-19-13-5-3-4-6-14(13)23-18/h3-10H,1-2H3,(H,20,21)/b16-10+. The van der Waals surface area contributed by atoms with Crippen molar-refractivity contribution in [2.45, 2.75) is 12.1 Å². The minimum atomic E-state index is -1.04. The number of carbonyl (C=O) groups is 1. The second-order valence-electron chi connectivity index (χ2n) is 5.09. The van der Waals surface area contributed by atoms with Crippen molar-refractivity contribution in [3.05, 3.63) is 58.5 Å². The summed E-state index contributed by atoms with van der Waals surface area (Å²) in [5.74, 6) is -0.331. The third-order valence-electron chi connectivity index (χ3n) is 3.41. The Hall–Kier alpha value is -2.73.